The van der Waals surface area contributed by atoms with Gasteiger partial charge in [0.05, 0.1) is 24.5 Å². The first-order chi connectivity index (χ1) is 14.6. The first kappa shape index (κ1) is 18.6. The molecule has 1 fully saturated rings. The maximum absolute atomic E-state index is 13.7. The predicted octanol–water partition coefficient (Wildman–Crippen LogP) is 3.76. The lowest BCUT2D eigenvalue weighted by molar-refractivity contribution is -0.121. The van der Waals surface area contributed by atoms with Crippen LogP contribution in [0.4, 0.5) is 5.69 Å². The number of hydrogen-bond acceptors (Lipinski definition) is 4. The highest BCUT2D eigenvalue weighted by atomic mass is 16.5. The molecule has 2 aliphatic rings. The van der Waals surface area contributed by atoms with Crippen LogP contribution in [0.2, 0.25) is 0 Å². The summed E-state index contributed by atoms with van der Waals surface area (Å²) in [7, 11) is 0. The second-order valence-electron chi connectivity index (χ2n) is 7.63. The van der Waals surface area contributed by atoms with E-state index in [1.807, 2.05) is 78.6 Å². The van der Waals surface area contributed by atoms with Crippen LogP contribution in [-0.2, 0) is 14.3 Å². The third kappa shape index (κ3) is 2.99. The van der Waals surface area contributed by atoms with E-state index >= 15 is 0 Å². The van der Waals surface area contributed by atoms with Crippen molar-refractivity contribution in [3.63, 3.8) is 0 Å². The van der Waals surface area contributed by atoms with Gasteiger partial charge >= 0.3 is 0 Å². The lowest BCUT2D eigenvalue weighted by Gasteiger charge is -2.29. The Labute approximate surface area is 175 Å². The Hall–Kier alpha value is -3.44. The van der Waals surface area contributed by atoms with E-state index in [2.05, 4.69) is 0 Å². The molecule has 0 bridgehead atoms. The number of morpholine rings is 1. The largest absolute Gasteiger partial charge is 0.378 e. The minimum Gasteiger partial charge on any atom is -0.378 e. The van der Waals surface area contributed by atoms with E-state index in [1.165, 1.54) is 4.90 Å². The van der Waals surface area contributed by atoms with Crippen molar-refractivity contribution in [3.8, 4) is 0 Å². The highest BCUT2D eigenvalue weighted by Crippen LogP contribution is 2.37. The Balaban J connectivity index is 1.67. The van der Waals surface area contributed by atoms with Gasteiger partial charge in [0.15, 0.2) is 0 Å². The van der Waals surface area contributed by atoms with Crippen molar-refractivity contribution < 1.29 is 14.3 Å². The number of fused-ring (bicyclic) bond motifs is 1. The van der Waals surface area contributed by atoms with Gasteiger partial charge in [0.25, 0.3) is 11.8 Å². The first-order valence-corrected chi connectivity index (χ1v) is 10.2. The number of carbonyl (C=O) groups excluding carboxylic acids is 2. The average Bonchev–Trinajstić information content (AvgIpc) is 3.04. The van der Waals surface area contributed by atoms with Gasteiger partial charge in [-0.05, 0) is 23.9 Å². The molecular formula is C25H22N2O3. The molecule has 0 aromatic heterocycles. The second kappa shape index (κ2) is 7.43. The summed E-state index contributed by atoms with van der Waals surface area (Å²) in [5.41, 5.74) is 3.43. The van der Waals surface area contributed by atoms with Gasteiger partial charge in [-0.1, -0.05) is 66.2 Å². The molecule has 2 aliphatic heterocycles. The van der Waals surface area contributed by atoms with E-state index in [1.54, 1.807) is 0 Å². The molecule has 0 atom stereocenters. The molecule has 5 heteroatoms. The molecule has 0 unspecified atom stereocenters. The number of anilines is 1. The van der Waals surface area contributed by atoms with Gasteiger partial charge in [0.2, 0.25) is 0 Å². The monoisotopic (exact) mass is 398 g/mol. The predicted molar refractivity (Wildman–Crippen MR) is 117 cm³/mol. The summed E-state index contributed by atoms with van der Waals surface area (Å²) in [6.45, 7) is 4.27. The van der Waals surface area contributed by atoms with E-state index in [-0.39, 0.29) is 11.8 Å². The molecule has 0 saturated carbocycles. The van der Waals surface area contributed by atoms with E-state index in [9.17, 15) is 9.59 Å². The summed E-state index contributed by atoms with van der Waals surface area (Å²) in [6, 6.07) is 21.3. The number of carbonyl (C=O) groups is 2. The minimum atomic E-state index is -0.276. The Morgan fingerprint density at radius 3 is 2.27 bits per heavy atom. The summed E-state index contributed by atoms with van der Waals surface area (Å²) in [4.78, 5) is 30.7. The summed E-state index contributed by atoms with van der Waals surface area (Å²) < 4.78 is 5.47. The van der Waals surface area contributed by atoms with Gasteiger partial charge in [0.1, 0.15) is 5.70 Å². The molecule has 0 aliphatic carbocycles. The number of benzene rings is 3. The lowest BCUT2D eigenvalue weighted by Crippen LogP contribution is -2.40. The topological polar surface area (TPSA) is 49.9 Å². The van der Waals surface area contributed by atoms with Gasteiger partial charge in [-0.15, -0.1) is 0 Å². The van der Waals surface area contributed by atoms with Crippen molar-refractivity contribution in [1.82, 2.24) is 4.90 Å². The van der Waals surface area contributed by atoms with Gasteiger partial charge in [-0.3, -0.25) is 9.59 Å². The number of amides is 2. The highest BCUT2D eigenvalue weighted by Gasteiger charge is 2.43. The van der Waals surface area contributed by atoms with Crippen molar-refractivity contribution >= 4 is 33.8 Å². The smallest absolute Gasteiger partial charge is 0.282 e. The van der Waals surface area contributed by atoms with Crippen LogP contribution in [0.25, 0.3) is 16.3 Å². The number of imide groups is 1. The Morgan fingerprint density at radius 2 is 1.50 bits per heavy atom. The van der Waals surface area contributed by atoms with Gasteiger partial charge in [-0.25, -0.2) is 4.90 Å². The minimum absolute atomic E-state index is 0.270. The highest BCUT2D eigenvalue weighted by molar-refractivity contribution is 6.46. The Kier molecular flexibility index (Phi) is 4.60. The third-order valence-electron chi connectivity index (χ3n) is 5.73. The Morgan fingerprint density at radius 1 is 0.800 bits per heavy atom. The average molecular weight is 398 g/mol. The Bertz CT molecular complexity index is 1170. The summed E-state index contributed by atoms with van der Waals surface area (Å²) >= 11 is 0. The van der Waals surface area contributed by atoms with Crippen LogP contribution >= 0.6 is 0 Å². The number of rotatable bonds is 3. The molecule has 1 saturated heterocycles. The van der Waals surface area contributed by atoms with E-state index in [0.717, 1.165) is 21.9 Å². The second-order valence-corrected chi connectivity index (χ2v) is 7.63. The van der Waals surface area contributed by atoms with Crippen LogP contribution in [0, 0.1) is 6.92 Å². The fraction of sp³-hybridized carbons (Fsp3) is 0.200. The molecule has 150 valence electrons. The van der Waals surface area contributed by atoms with Gasteiger partial charge in [0, 0.05) is 18.5 Å². The SMILES string of the molecule is Cc1ccc(C2=C(N3CCOCC3)C(=O)N(c3cccc4ccccc34)C2=O)cc1. The zero-order valence-electron chi connectivity index (χ0n) is 16.8. The molecule has 30 heavy (non-hydrogen) atoms. The quantitative estimate of drug-likeness (QED) is 0.631. The molecule has 0 spiro atoms. The molecule has 0 radical (unpaired) electrons. The van der Waals surface area contributed by atoms with E-state index in [4.69, 9.17) is 4.74 Å². The van der Waals surface area contributed by atoms with E-state index in [0.29, 0.717) is 43.3 Å². The molecule has 2 amide bonds. The standard InChI is InChI=1S/C25H22N2O3/c1-17-9-11-19(12-10-17)22-23(26-13-15-30-16-14-26)25(29)27(24(22)28)21-8-4-6-18-5-2-3-7-20(18)21/h2-12H,13-16H2,1H3. The summed E-state index contributed by atoms with van der Waals surface area (Å²) in [5, 5.41) is 1.88. The fourth-order valence-corrected chi connectivity index (χ4v) is 4.20. The van der Waals surface area contributed by atoms with Crippen LogP contribution in [-0.4, -0.2) is 43.0 Å². The first-order valence-electron chi connectivity index (χ1n) is 10.2. The maximum Gasteiger partial charge on any atom is 0.282 e. The van der Waals surface area contributed by atoms with Crippen molar-refractivity contribution in [1.29, 1.82) is 0 Å². The van der Waals surface area contributed by atoms with Gasteiger partial charge in [-0.2, -0.15) is 0 Å². The number of ether oxygens (including phenoxy) is 1. The third-order valence-corrected chi connectivity index (χ3v) is 5.73. The fourth-order valence-electron chi connectivity index (χ4n) is 4.20. The van der Waals surface area contributed by atoms with Gasteiger partial charge < -0.3 is 9.64 Å². The van der Waals surface area contributed by atoms with Crippen molar-refractivity contribution in [3.05, 3.63) is 83.6 Å². The molecule has 3 aromatic rings. The maximum atomic E-state index is 13.7. The van der Waals surface area contributed by atoms with E-state index < -0.39 is 0 Å². The number of hydrogen-bond donors (Lipinski definition) is 0. The zero-order valence-corrected chi connectivity index (χ0v) is 16.8. The van der Waals surface area contributed by atoms with Crippen molar-refractivity contribution in [2.45, 2.75) is 6.92 Å². The normalized spacial score (nSPS) is 17.4. The van der Waals surface area contributed by atoms with Crippen LogP contribution in [0.3, 0.4) is 0 Å². The molecular weight excluding hydrogens is 376 g/mol. The van der Waals surface area contributed by atoms with Crippen LogP contribution in [0.15, 0.2) is 72.4 Å². The van der Waals surface area contributed by atoms with Crippen LogP contribution in [0.5, 0.6) is 0 Å². The summed E-state index contributed by atoms with van der Waals surface area (Å²) in [6.07, 6.45) is 0. The molecule has 2 heterocycles. The molecule has 5 rings (SSSR count). The van der Waals surface area contributed by atoms with Crippen molar-refractivity contribution in [2.75, 3.05) is 31.2 Å². The van der Waals surface area contributed by atoms with Crippen molar-refractivity contribution in [2.24, 2.45) is 0 Å². The number of aryl methyl sites for hydroxylation is 1. The van der Waals surface area contributed by atoms with Crippen LogP contribution < -0.4 is 4.90 Å². The zero-order chi connectivity index (χ0) is 20.7. The molecule has 0 N–H and O–H groups in total. The van der Waals surface area contributed by atoms with Crippen LogP contribution in [0.1, 0.15) is 11.1 Å². The lowest BCUT2D eigenvalue weighted by atomic mass is 10.0. The summed E-state index contributed by atoms with van der Waals surface area (Å²) in [5.74, 6) is -0.546. The molecule has 3 aromatic carbocycles. The number of nitrogens with zero attached hydrogens (tertiary/aromatic N) is 2. The molecule has 5 nitrogen and oxygen atoms in total.